The van der Waals surface area contributed by atoms with E-state index in [1.165, 1.54) is 23.0 Å². The van der Waals surface area contributed by atoms with E-state index in [4.69, 9.17) is 9.47 Å². The Kier molecular flexibility index (Phi) is 3.76. The fourth-order valence-corrected chi connectivity index (χ4v) is 3.60. The van der Waals surface area contributed by atoms with E-state index in [-0.39, 0.29) is 17.1 Å². The van der Waals surface area contributed by atoms with Gasteiger partial charge in [-0.15, -0.1) is 0 Å². The van der Waals surface area contributed by atoms with Gasteiger partial charge in [-0.3, -0.25) is 9.36 Å². The summed E-state index contributed by atoms with van der Waals surface area (Å²) in [4.78, 5) is 19.6. The number of hydrogen-bond acceptors (Lipinski definition) is 6. The Balaban J connectivity index is 1.46. The van der Waals surface area contributed by atoms with Crippen molar-refractivity contribution < 1.29 is 9.47 Å². The molecule has 0 aliphatic carbocycles. The molecule has 0 saturated carbocycles. The zero-order valence-corrected chi connectivity index (χ0v) is 15.2. The predicted molar refractivity (Wildman–Crippen MR) is 96.7 cm³/mol. The van der Waals surface area contributed by atoms with Gasteiger partial charge in [0.05, 0.1) is 16.8 Å². The molecule has 1 aliphatic heterocycles. The SMILES string of the molecule is CC(C)(C)c1ccc2nc(OCC3Cn4ccc(=O)nc4O3)sc2c1. The summed E-state index contributed by atoms with van der Waals surface area (Å²) in [6.45, 7) is 7.56. The zero-order valence-electron chi connectivity index (χ0n) is 14.4. The Morgan fingerprint density at radius 2 is 2.16 bits per heavy atom. The van der Waals surface area contributed by atoms with Gasteiger partial charge in [0.15, 0.2) is 6.10 Å². The number of thiazole rings is 1. The van der Waals surface area contributed by atoms with E-state index in [0.29, 0.717) is 24.4 Å². The van der Waals surface area contributed by atoms with E-state index in [1.54, 1.807) is 6.20 Å². The molecule has 2 aromatic heterocycles. The Bertz CT molecular complexity index is 987. The average Bonchev–Trinajstić information content (AvgIpc) is 3.13. The lowest BCUT2D eigenvalue weighted by molar-refractivity contribution is 0.143. The summed E-state index contributed by atoms with van der Waals surface area (Å²) in [5.74, 6) is 0. The summed E-state index contributed by atoms with van der Waals surface area (Å²) in [5, 5.41) is 0.628. The first-order valence-corrected chi connectivity index (χ1v) is 8.98. The van der Waals surface area contributed by atoms with Crippen molar-refractivity contribution >= 4 is 21.6 Å². The van der Waals surface area contributed by atoms with Gasteiger partial charge in [-0.2, -0.15) is 4.98 Å². The van der Waals surface area contributed by atoms with Crippen molar-refractivity contribution in [3.8, 4) is 11.2 Å². The molecule has 1 aliphatic rings. The molecule has 7 heteroatoms. The van der Waals surface area contributed by atoms with Crippen LogP contribution in [-0.2, 0) is 12.0 Å². The Morgan fingerprint density at radius 3 is 2.96 bits per heavy atom. The highest BCUT2D eigenvalue weighted by molar-refractivity contribution is 7.20. The number of aromatic nitrogens is 3. The Hall–Kier alpha value is -2.41. The smallest absolute Gasteiger partial charge is 0.300 e. The third-order valence-electron chi connectivity index (χ3n) is 4.15. The molecule has 1 unspecified atom stereocenters. The molecule has 0 spiro atoms. The van der Waals surface area contributed by atoms with Gasteiger partial charge in [0.1, 0.15) is 6.61 Å². The van der Waals surface area contributed by atoms with E-state index in [0.717, 1.165) is 10.2 Å². The predicted octanol–water partition coefficient (Wildman–Crippen LogP) is 2.99. The van der Waals surface area contributed by atoms with Crippen LogP contribution in [0.2, 0.25) is 0 Å². The Labute approximate surface area is 149 Å². The molecule has 1 atom stereocenters. The Morgan fingerprint density at radius 1 is 1.32 bits per heavy atom. The lowest BCUT2D eigenvalue weighted by Crippen LogP contribution is -2.23. The molecular formula is C18H19N3O3S. The minimum absolute atomic E-state index is 0.104. The topological polar surface area (TPSA) is 66.2 Å². The van der Waals surface area contributed by atoms with Gasteiger partial charge < -0.3 is 9.47 Å². The highest BCUT2D eigenvalue weighted by Gasteiger charge is 2.24. The van der Waals surface area contributed by atoms with Crippen LogP contribution in [0.25, 0.3) is 10.2 Å². The molecule has 6 nitrogen and oxygen atoms in total. The van der Waals surface area contributed by atoms with Crippen LogP contribution in [0, 0.1) is 0 Å². The fraction of sp³-hybridized carbons (Fsp3) is 0.389. The van der Waals surface area contributed by atoms with Crippen molar-refractivity contribution in [2.24, 2.45) is 0 Å². The van der Waals surface area contributed by atoms with Crippen molar-refractivity contribution in [1.29, 1.82) is 0 Å². The van der Waals surface area contributed by atoms with Crippen LogP contribution in [0.3, 0.4) is 0 Å². The molecule has 3 heterocycles. The van der Waals surface area contributed by atoms with Gasteiger partial charge in [0, 0.05) is 12.3 Å². The van der Waals surface area contributed by atoms with Crippen molar-refractivity contribution in [3.63, 3.8) is 0 Å². The van der Waals surface area contributed by atoms with Gasteiger partial charge in [-0.25, -0.2) is 4.98 Å². The number of hydrogen-bond donors (Lipinski definition) is 0. The second kappa shape index (κ2) is 5.84. The first-order chi connectivity index (χ1) is 11.9. The summed E-state index contributed by atoms with van der Waals surface area (Å²) in [7, 11) is 0. The van der Waals surface area contributed by atoms with Gasteiger partial charge >= 0.3 is 0 Å². The monoisotopic (exact) mass is 357 g/mol. The van der Waals surface area contributed by atoms with E-state index in [1.807, 2.05) is 10.6 Å². The lowest BCUT2D eigenvalue weighted by atomic mass is 9.87. The van der Waals surface area contributed by atoms with Crippen LogP contribution in [0.4, 0.5) is 0 Å². The molecule has 0 bridgehead atoms. The summed E-state index contributed by atoms with van der Waals surface area (Å²) < 4.78 is 14.4. The quantitative estimate of drug-likeness (QED) is 0.721. The van der Waals surface area contributed by atoms with Gasteiger partial charge in [0.25, 0.3) is 16.8 Å². The summed E-state index contributed by atoms with van der Waals surface area (Å²) in [6.07, 6.45) is 1.52. The van der Waals surface area contributed by atoms with Crippen LogP contribution in [-0.4, -0.2) is 27.2 Å². The molecule has 0 radical (unpaired) electrons. The van der Waals surface area contributed by atoms with Gasteiger partial charge in [-0.05, 0) is 23.1 Å². The van der Waals surface area contributed by atoms with E-state index < -0.39 is 0 Å². The second-order valence-electron chi connectivity index (χ2n) is 7.16. The standard InChI is InChI=1S/C18H19N3O3S/c1-18(2,3)11-4-5-13-14(8-11)25-17(19-13)23-10-12-9-21-7-6-15(22)20-16(21)24-12/h4-8,12H,9-10H2,1-3H3. The van der Waals surface area contributed by atoms with Crippen LogP contribution < -0.4 is 15.0 Å². The van der Waals surface area contributed by atoms with Crippen LogP contribution >= 0.6 is 11.3 Å². The number of ether oxygens (including phenoxy) is 2. The summed E-state index contributed by atoms with van der Waals surface area (Å²) in [5.41, 5.74) is 2.03. The highest BCUT2D eigenvalue weighted by Crippen LogP contribution is 2.32. The molecule has 0 amide bonds. The first kappa shape index (κ1) is 16.1. The third-order valence-corrected chi connectivity index (χ3v) is 5.08. The second-order valence-corrected chi connectivity index (χ2v) is 8.16. The maximum absolute atomic E-state index is 11.3. The molecular weight excluding hydrogens is 338 g/mol. The van der Waals surface area contributed by atoms with E-state index >= 15 is 0 Å². The third kappa shape index (κ3) is 3.24. The van der Waals surface area contributed by atoms with E-state index in [2.05, 4.69) is 42.9 Å². The normalized spacial score (nSPS) is 16.7. The van der Waals surface area contributed by atoms with Crippen LogP contribution in [0.15, 0.2) is 35.3 Å². The maximum atomic E-state index is 11.3. The maximum Gasteiger partial charge on any atom is 0.300 e. The van der Waals surface area contributed by atoms with Crippen molar-refractivity contribution in [2.75, 3.05) is 6.61 Å². The number of nitrogens with zero attached hydrogens (tertiary/aromatic N) is 3. The number of fused-ring (bicyclic) bond motifs is 2. The molecule has 4 rings (SSSR count). The molecule has 0 N–H and O–H groups in total. The highest BCUT2D eigenvalue weighted by atomic mass is 32.1. The van der Waals surface area contributed by atoms with Gasteiger partial charge in [-0.1, -0.05) is 38.2 Å². The summed E-state index contributed by atoms with van der Waals surface area (Å²) in [6, 6.07) is 8.11. The molecule has 0 saturated heterocycles. The average molecular weight is 357 g/mol. The minimum atomic E-state index is -0.298. The van der Waals surface area contributed by atoms with E-state index in [9.17, 15) is 4.79 Å². The number of benzene rings is 1. The van der Waals surface area contributed by atoms with Gasteiger partial charge in [0.2, 0.25) is 0 Å². The first-order valence-electron chi connectivity index (χ1n) is 8.16. The van der Waals surface area contributed by atoms with Crippen LogP contribution in [0.1, 0.15) is 26.3 Å². The van der Waals surface area contributed by atoms with Crippen LogP contribution in [0.5, 0.6) is 11.2 Å². The van der Waals surface area contributed by atoms with Crippen molar-refractivity contribution in [3.05, 3.63) is 46.4 Å². The van der Waals surface area contributed by atoms with Crippen molar-refractivity contribution in [1.82, 2.24) is 14.5 Å². The number of rotatable bonds is 3. The zero-order chi connectivity index (χ0) is 17.6. The van der Waals surface area contributed by atoms with Crippen molar-refractivity contribution in [2.45, 2.75) is 38.8 Å². The summed E-state index contributed by atoms with van der Waals surface area (Å²) >= 11 is 1.54. The lowest BCUT2D eigenvalue weighted by Gasteiger charge is -2.18. The molecule has 25 heavy (non-hydrogen) atoms. The molecule has 1 aromatic carbocycles. The molecule has 130 valence electrons. The largest absolute Gasteiger partial charge is 0.466 e. The fourth-order valence-electron chi connectivity index (χ4n) is 2.73. The molecule has 3 aromatic rings. The molecule has 0 fully saturated rings. The minimum Gasteiger partial charge on any atom is -0.466 e.